The van der Waals surface area contributed by atoms with Crippen molar-refractivity contribution in [2.45, 2.75) is 24.6 Å². The molecule has 2 rings (SSSR count). The van der Waals surface area contributed by atoms with Crippen molar-refractivity contribution in [3.63, 3.8) is 0 Å². The number of alkyl halides is 2. The second kappa shape index (κ2) is 3.74. The van der Waals surface area contributed by atoms with E-state index in [9.17, 15) is 17.6 Å². The number of halogens is 2. The van der Waals surface area contributed by atoms with Gasteiger partial charge in [0.2, 0.25) is 0 Å². The molecule has 2 aliphatic carbocycles. The third kappa shape index (κ3) is 1.62. The van der Waals surface area contributed by atoms with Gasteiger partial charge >= 0.3 is 0 Å². The van der Waals surface area contributed by atoms with E-state index in [1.165, 1.54) is 0 Å². The summed E-state index contributed by atoms with van der Waals surface area (Å²) in [6.07, 6.45) is 0.941. The van der Waals surface area contributed by atoms with Crippen molar-refractivity contribution in [2.24, 2.45) is 16.7 Å². The van der Waals surface area contributed by atoms with Crippen molar-refractivity contribution < 1.29 is 22.2 Å². The summed E-state index contributed by atoms with van der Waals surface area (Å²) < 4.78 is 44.5. The molecule has 2 saturated carbocycles. The number of Topliss-reactive ketones (excluding diaryl/α,β-unsaturated/α-hetero) is 1. The Hall–Kier alpha value is -0.0100. The van der Waals surface area contributed by atoms with Gasteiger partial charge < -0.3 is 0 Å². The van der Waals surface area contributed by atoms with Crippen LogP contribution >= 0.6 is 15.9 Å². The zero-order valence-electron chi connectivity index (χ0n) is 9.32. The predicted molar refractivity (Wildman–Crippen MR) is 63.4 cm³/mol. The summed E-state index contributed by atoms with van der Waals surface area (Å²) in [6, 6.07) is 0. The third-order valence-corrected chi connectivity index (χ3v) is 6.49. The Kier molecular flexibility index (Phi) is 2.95. The molecule has 0 amide bonds. The molecule has 0 aromatic heterocycles. The average Bonchev–Trinajstić information content (AvgIpc) is 2.55. The van der Waals surface area contributed by atoms with Gasteiger partial charge in [0.25, 0.3) is 10.1 Å². The monoisotopic (exact) mass is 328 g/mol. The van der Waals surface area contributed by atoms with E-state index in [0.717, 1.165) is 0 Å². The molecule has 0 saturated heterocycles. The van der Waals surface area contributed by atoms with E-state index in [1.54, 1.807) is 6.92 Å². The second-order valence-electron chi connectivity index (χ2n) is 5.27. The molecule has 0 heterocycles. The van der Waals surface area contributed by atoms with Gasteiger partial charge in [0, 0.05) is 5.41 Å². The maximum absolute atomic E-state index is 13.3. The fourth-order valence-corrected chi connectivity index (χ4v) is 6.05. The fourth-order valence-electron chi connectivity index (χ4n) is 3.53. The fraction of sp³-hybridized carbons (Fsp3) is 0.900. The van der Waals surface area contributed by atoms with E-state index in [4.69, 9.17) is 4.55 Å². The number of fused-ring (bicyclic) bond motifs is 2. The lowest BCUT2D eigenvalue weighted by Crippen LogP contribution is -2.45. The molecular weight excluding hydrogens is 315 g/mol. The van der Waals surface area contributed by atoms with Gasteiger partial charge in [-0.2, -0.15) is 8.42 Å². The van der Waals surface area contributed by atoms with E-state index in [0.29, 0.717) is 12.8 Å². The van der Waals surface area contributed by atoms with Gasteiger partial charge in [-0.25, -0.2) is 0 Å². The third-order valence-electron chi connectivity index (χ3n) is 4.58. The van der Waals surface area contributed by atoms with Crippen LogP contribution in [0.4, 0.5) is 4.39 Å². The van der Waals surface area contributed by atoms with Crippen molar-refractivity contribution >= 4 is 31.8 Å². The number of hydrogen-bond acceptors (Lipinski definition) is 3. The molecule has 98 valence electrons. The van der Waals surface area contributed by atoms with Crippen LogP contribution < -0.4 is 0 Å². The van der Waals surface area contributed by atoms with Gasteiger partial charge in [0.1, 0.15) is 0 Å². The zero-order chi connectivity index (χ0) is 13.1. The minimum atomic E-state index is -4.30. The molecule has 2 bridgehead atoms. The average molecular weight is 329 g/mol. The van der Waals surface area contributed by atoms with Gasteiger partial charge in [-0.15, -0.1) is 0 Å². The number of carbonyl (C=O) groups is 1. The lowest BCUT2D eigenvalue weighted by molar-refractivity contribution is -0.128. The van der Waals surface area contributed by atoms with Crippen LogP contribution in [0.5, 0.6) is 0 Å². The summed E-state index contributed by atoms with van der Waals surface area (Å²) >= 11 is 3.23. The summed E-state index contributed by atoms with van der Waals surface area (Å²) in [6.45, 7) is 0.857. The highest BCUT2D eigenvalue weighted by Gasteiger charge is 2.71. The highest BCUT2D eigenvalue weighted by Crippen LogP contribution is 2.66. The molecule has 7 heteroatoms. The topological polar surface area (TPSA) is 71.4 Å². The Morgan fingerprint density at radius 1 is 1.59 bits per heavy atom. The number of rotatable bonds is 3. The molecule has 0 aromatic carbocycles. The van der Waals surface area contributed by atoms with Crippen molar-refractivity contribution in [1.82, 2.24) is 0 Å². The van der Waals surface area contributed by atoms with Crippen molar-refractivity contribution in [3.05, 3.63) is 0 Å². The molecule has 17 heavy (non-hydrogen) atoms. The van der Waals surface area contributed by atoms with Crippen molar-refractivity contribution in [2.75, 3.05) is 12.4 Å². The minimum Gasteiger partial charge on any atom is -0.298 e. The van der Waals surface area contributed by atoms with Crippen LogP contribution in [0.2, 0.25) is 0 Å². The SMILES string of the molecule is CC1(CF)C2CCC1(CS(=O)(=O)O)C(=O)C2Br. The molecular formula is C10H14BrFO4S. The van der Waals surface area contributed by atoms with E-state index in [1.807, 2.05) is 0 Å². The Labute approximate surface area is 108 Å². The first-order valence-corrected chi connectivity index (χ1v) is 7.90. The number of ketones is 1. The molecule has 2 aliphatic rings. The lowest BCUT2D eigenvalue weighted by atomic mass is 9.70. The van der Waals surface area contributed by atoms with Crippen LogP contribution in [0.3, 0.4) is 0 Å². The first-order chi connectivity index (χ1) is 7.68. The summed E-state index contributed by atoms with van der Waals surface area (Å²) in [5.74, 6) is -1.15. The van der Waals surface area contributed by atoms with Crippen molar-refractivity contribution in [3.8, 4) is 0 Å². The molecule has 0 aliphatic heterocycles. The summed E-state index contributed by atoms with van der Waals surface area (Å²) in [5.41, 5.74) is -2.26. The van der Waals surface area contributed by atoms with E-state index in [-0.39, 0.29) is 11.7 Å². The standard InChI is InChI=1S/C10H14BrFO4S/c1-9(4-12)6-2-3-10(9,5-17(14,15)16)8(13)7(6)11/h6-7H,2-5H2,1H3,(H,14,15,16). The Morgan fingerprint density at radius 2 is 2.18 bits per heavy atom. The van der Waals surface area contributed by atoms with Gasteiger partial charge in [0.05, 0.1) is 22.7 Å². The summed E-state index contributed by atoms with van der Waals surface area (Å²) in [4.78, 5) is 11.7. The Morgan fingerprint density at radius 3 is 2.65 bits per heavy atom. The van der Waals surface area contributed by atoms with Crippen LogP contribution in [0.25, 0.3) is 0 Å². The maximum Gasteiger partial charge on any atom is 0.265 e. The van der Waals surface area contributed by atoms with Gasteiger partial charge in [0.15, 0.2) is 5.78 Å². The molecule has 0 aromatic rings. The second-order valence-corrected chi connectivity index (χ2v) is 7.71. The van der Waals surface area contributed by atoms with Crippen LogP contribution in [0.1, 0.15) is 19.8 Å². The highest BCUT2D eigenvalue weighted by atomic mass is 79.9. The number of carbonyl (C=O) groups excluding carboxylic acids is 1. The number of hydrogen-bond donors (Lipinski definition) is 1. The van der Waals surface area contributed by atoms with Crippen LogP contribution in [-0.2, 0) is 14.9 Å². The van der Waals surface area contributed by atoms with Crippen LogP contribution in [0, 0.1) is 16.7 Å². The summed E-state index contributed by atoms with van der Waals surface area (Å²) in [5, 5.41) is 0. The predicted octanol–water partition coefficient (Wildman–Crippen LogP) is 1.59. The molecule has 2 fully saturated rings. The van der Waals surface area contributed by atoms with Crippen LogP contribution in [-0.4, -0.2) is 36.0 Å². The Balaban J connectivity index is 2.52. The molecule has 1 N–H and O–H groups in total. The molecule has 4 atom stereocenters. The van der Waals surface area contributed by atoms with Gasteiger partial charge in [-0.05, 0) is 18.8 Å². The van der Waals surface area contributed by atoms with E-state index < -0.39 is 38.2 Å². The first kappa shape index (κ1) is 13.4. The zero-order valence-corrected chi connectivity index (χ0v) is 11.7. The van der Waals surface area contributed by atoms with Crippen molar-refractivity contribution in [1.29, 1.82) is 0 Å². The van der Waals surface area contributed by atoms with Crippen LogP contribution in [0.15, 0.2) is 0 Å². The lowest BCUT2D eigenvalue weighted by Gasteiger charge is -2.35. The van der Waals surface area contributed by atoms with Gasteiger partial charge in [-0.1, -0.05) is 22.9 Å². The highest BCUT2D eigenvalue weighted by molar-refractivity contribution is 9.10. The largest absolute Gasteiger partial charge is 0.298 e. The molecule has 0 radical (unpaired) electrons. The maximum atomic E-state index is 13.3. The molecule has 4 unspecified atom stereocenters. The quantitative estimate of drug-likeness (QED) is 0.631. The van der Waals surface area contributed by atoms with Gasteiger partial charge in [-0.3, -0.25) is 13.7 Å². The Bertz CT molecular complexity index is 465. The van der Waals surface area contributed by atoms with E-state index in [2.05, 4.69) is 15.9 Å². The smallest absolute Gasteiger partial charge is 0.265 e. The summed E-state index contributed by atoms with van der Waals surface area (Å²) in [7, 11) is -4.30. The first-order valence-electron chi connectivity index (χ1n) is 5.37. The van der Waals surface area contributed by atoms with E-state index >= 15 is 0 Å². The normalized spacial score (nSPS) is 45.5. The molecule has 0 spiro atoms. The molecule has 4 nitrogen and oxygen atoms in total. The minimum absolute atomic E-state index is 0.193.